The molecule has 0 bridgehead atoms. The smallest absolute Gasteiger partial charge is 0.224 e. The molecule has 1 aromatic rings. The van der Waals surface area contributed by atoms with Gasteiger partial charge in [0, 0.05) is 23.4 Å². The molecule has 3 aliphatic rings. The third kappa shape index (κ3) is 2.53. The van der Waals surface area contributed by atoms with Gasteiger partial charge in [-0.1, -0.05) is 12.8 Å². The lowest BCUT2D eigenvalue weighted by molar-refractivity contribution is -0.136. The van der Waals surface area contributed by atoms with Crippen LogP contribution in [0.1, 0.15) is 61.4 Å². The minimum atomic E-state index is -0.222. The van der Waals surface area contributed by atoms with Gasteiger partial charge in [0.25, 0.3) is 0 Å². The monoisotopic (exact) mass is 304 g/mol. The highest BCUT2D eigenvalue weighted by molar-refractivity contribution is 7.10. The van der Waals surface area contributed by atoms with Gasteiger partial charge in [-0.25, -0.2) is 0 Å². The lowest BCUT2D eigenvalue weighted by Crippen LogP contribution is -2.47. The fraction of sp³-hybridized carbons (Fsp3) is 0.706. The Morgan fingerprint density at radius 2 is 2.14 bits per heavy atom. The van der Waals surface area contributed by atoms with E-state index in [0.717, 1.165) is 25.8 Å². The van der Waals surface area contributed by atoms with E-state index >= 15 is 0 Å². The van der Waals surface area contributed by atoms with Crippen molar-refractivity contribution in [3.63, 3.8) is 0 Å². The second-order valence-corrected chi connectivity index (χ2v) is 8.17. The number of carbonyl (C=O) groups excluding carboxylic acids is 1. The Hall–Kier alpha value is -0.870. The molecular weight excluding hydrogens is 280 g/mol. The zero-order valence-corrected chi connectivity index (χ0v) is 13.3. The molecule has 2 fully saturated rings. The molecule has 2 aliphatic carbocycles. The maximum Gasteiger partial charge on any atom is 0.224 e. The minimum Gasteiger partial charge on any atom is -0.335 e. The van der Waals surface area contributed by atoms with Crippen molar-refractivity contribution < 1.29 is 4.79 Å². The normalized spacial score (nSPS) is 27.7. The molecule has 0 aromatic carbocycles. The first-order chi connectivity index (χ1) is 10.2. The summed E-state index contributed by atoms with van der Waals surface area (Å²) >= 11 is 1.86. The van der Waals surface area contributed by atoms with Crippen molar-refractivity contribution in [3.8, 4) is 0 Å². The van der Waals surface area contributed by atoms with Crippen LogP contribution in [0.4, 0.5) is 0 Å². The summed E-state index contributed by atoms with van der Waals surface area (Å²) in [4.78, 5) is 16.5. The van der Waals surface area contributed by atoms with Crippen LogP contribution in [0.3, 0.4) is 0 Å². The second-order valence-electron chi connectivity index (χ2n) is 7.16. The highest BCUT2D eigenvalue weighted by Gasteiger charge is 2.43. The van der Waals surface area contributed by atoms with Crippen LogP contribution in [0.5, 0.6) is 0 Å². The minimum absolute atomic E-state index is 0.222. The van der Waals surface area contributed by atoms with Gasteiger partial charge in [-0.3, -0.25) is 4.79 Å². The number of hydrogen-bond acceptors (Lipinski definition) is 3. The van der Waals surface area contributed by atoms with Gasteiger partial charge in [-0.05, 0) is 55.0 Å². The zero-order chi connectivity index (χ0) is 14.4. The maximum absolute atomic E-state index is 12.9. The Morgan fingerprint density at radius 1 is 1.38 bits per heavy atom. The van der Waals surface area contributed by atoms with E-state index in [-0.39, 0.29) is 5.54 Å². The number of rotatable bonds is 3. The van der Waals surface area contributed by atoms with Crippen molar-refractivity contribution in [2.24, 2.45) is 11.7 Å². The summed E-state index contributed by atoms with van der Waals surface area (Å²) in [5, 5.41) is 2.19. The van der Waals surface area contributed by atoms with Gasteiger partial charge in [0.15, 0.2) is 0 Å². The second kappa shape index (κ2) is 5.10. The van der Waals surface area contributed by atoms with Gasteiger partial charge in [0.05, 0.1) is 6.04 Å². The average Bonchev–Trinajstić information content (AvgIpc) is 3.03. The van der Waals surface area contributed by atoms with E-state index in [0.29, 0.717) is 24.3 Å². The van der Waals surface area contributed by atoms with Crippen LogP contribution >= 0.6 is 11.3 Å². The van der Waals surface area contributed by atoms with Gasteiger partial charge >= 0.3 is 0 Å². The first kappa shape index (κ1) is 13.8. The highest BCUT2D eigenvalue weighted by Crippen LogP contribution is 2.48. The molecule has 2 N–H and O–H groups in total. The zero-order valence-electron chi connectivity index (χ0n) is 12.5. The first-order valence-electron chi connectivity index (χ1n) is 8.31. The van der Waals surface area contributed by atoms with E-state index in [1.165, 1.54) is 36.1 Å². The van der Waals surface area contributed by atoms with Crippen molar-refractivity contribution in [1.29, 1.82) is 0 Å². The predicted octanol–water partition coefficient (Wildman–Crippen LogP) is 3.25. The largest absolute Gasteiger partial charge is 0.335 e. The molecule has 1 atom stereocenters. The number of nitrogens with zero attached hydrogens (tertiary/aromatic N) is 1. The Kier molecular flexibility index (Phi) is 3.34. The molecule has 114 valence electrons. The number of nitrogens with two attached hydrogens (primary N) is 1. The SMILES string of the molecule is NC1(CC(=O)N2CCc3sccc3C2C2CC2)CCCC1. The average molecular weight is 304 g/mol. The molecule has 1 unspecified atom stereocenters. The van der Waals surface area contributed by atoms with Gasteiger partial charge in [-0.15, -0.1) is 11.3 Å². The molecule has 1 aliphatic heterocycles. The van der Waals surface area contributed by atoms with Crippen LogP contribution in [0.25, 0.3) is 0 Å². The third-order valence-electron chi connectivity index (χ3n) is 5.51. The van der Waals surface area contributed by atoms with Crippen molar-refractivity contribution >= 4 is 17.2 Å². The summed E-state index contributed by atoms with van der Waals surface area (Å²) in [5.74, 6) is 0.994. The molecule has 1 amide bonds. The fourth-order valence-electron chi connectivity index (χ4n) is 4.21. The molecule has 0 radical (unpaired) electrons. The van der Waals surface area contributed by atoms with E-state index < -0.39 is 0 Å². The van der Waals surface area contributed by atoms with Crippen LogP contribution in [-0.2, 0) is 11.2 Å². The lowest BCUT2D eigenvalue weighted by Gasteiger charge is -2.38. The molecule has 0 spiro atoms. The molecule has 1 aromatic heterocycles. The summed E-state index contributed by atoms with van der Waals surface area (Å²) in [6.07, 6.45) is 8.54. The summed E-state index contributed by atoms with van der Waals surface area (Å²) in [6.45, 7) is 0.892. The van der Waals surface area contributed by atoms with Crippen LogP contribution in [0, 0.1) is 5.92 Å². The van der Waals surface area contributed by atoms with E-state index in [4.69, 9.17) is 5.73 Å². The van der Waals surface area contributed by atoms with Crippen molar-refractivity contribution in [3.05, 3.63) is 21.9 Å². The molecule has 0 saturated heterocycles. The quantitative estimate of drug-likeness (QED) is 0.932. The van der Waals surface area contributed by atoms with E-state index in [2.05, 4.69) is 16.3 Å². The summed E-state index contributed by atoms with van der Waals surface area (Å²) < 4.78 is 0. The van der Waals surface area contributed by atoms with Crippen molar-refractivity contribution in [2.75, 3.05) is 6.54 Å². The van der Waals surface area contributed by atoms with Crippen LogP contribution in [0.15, 0.2) is 11.4 Å². The number of hydrogen-bond donors (Lipinski definition) is 1. The van der Waals surface area contributed by atoms with E-state index in [1.807, 2.05) is 11.3 Å². The number of thiophene rings is 1. The first-order valence-corrected chi connectivity index (χ1v) is 9.19. The Balaban J connectivity index is 1.55. The Labute approximate surface area is 130 Å². The number of carbonyl (C=O) groups is 1. The lowest BCUT2D eigenvalue weighted by atomic mass is 9.91. The maximum atomic E-state index is 12.9. The fourth-order valence-corrected chi connectivity index (χ4v) is 5.12. The highest BCUT2D eigenvalue weighted by atomic mass is 32.1. The third-order valence-corrected chi connectivity index (χ3v) is 6.50. The van der Waals surface area contributed by atoms with Crippen LogP contribution in [-0.4, -0.2) is 22.9 Å². The van der Waals surface area contributed by atoms with Crippen LogP contribution < -0.4 is 5.73 Å². The van der Waals surface area contributed by atoms with Gasteiger partial charge in [0.2, 0.25) is 5.91 Å². The van der Waals surface area contributed by atoms with E-state index in [1.54, 1.807) is 0 Å². The predicted molar refractivity (Wildman–Crippen MR) is 85.2 cm³/mol. The van der Waals surface area contributed by atoms with Gasteiger partial charge < -0.3 is 10.6 Å². The summed E-state index contributed by atoms with van der Waals surface area (Å²) in [5.41, 5.74) is 7.64. The van der Waals surface area contributed by atoms with Crippen molar-refractivity contribution in [1.82, 2.24) is 4.90 Å². The van der Waals surface area contributed by atoms with Crippen molar-refractivity contribution in [2.45, 2.75) is 62.9 Å². The summed E-state index contributed by atoms with van der Waals surface area (Å²) in [6, 6.07) is 2.59. The number of fused-ring (bicyclic) bond motifs is 1. The van der Waals surface area contributed by atoms with Gasteiger partial charge in [0.1, 0.15) is 0 Å². The number of amides is 1. The molecule has 2 saturated carbocycles. The topological polar surface area (TPSA) is 46.3 Å². The molecule has 2 heterocycles. The summed E-state index contributed by atoms with van der Waals surface area (Å²) in [7, 11) is 0. The molecular formula is C17H24N2OS. The molecule has 4 heteroatoms. The molecule has 21 heavy (non-hydrogen) atoms. The van der Waals surface area contributed by atoms with Gasteiger partial charge in [-0.2, -0.15) is 0 Å². The van der Waals surface area contributed by atoms with Crippen LogP contribution in [0.2, 0.25) is 0 Å². The molecule has 4 rings (SSSR count). The Morgan fingerprint density at radius 3 is 2.86 bits per heavy atom. The van der Waals surface area contributed by atoms with E-state index in [9.17, 15) is 4.79 Å². The Bertz CT molecular complexity index is 543. The molecule has 3 nitrogen and oxygen atoms in total. The standard InChI is InChI=1S/C17H24N2OS/c18-17(7-1-2-8-17)11-15(20)19-9-5-14-13(6-10-21-14)16(19)12-3-4-12/h6,10,12,16H,1-5,7-9,11,18H2.